The SMILES string of the molecule is C=[N+]1C=C(c2cccnc2)N=N1. The Kier molecular flexibility index (Phi) is 1.51. The fourth-order valence-corrected chi connectivity index (χ4v) is 0.945. The molecule has 12 heavy (non-hydrogen) atoms. The van der Waals surface area contributed by atoms with Crippen LogP contribution in [0.25, 0.3) is 5.70 Å². The van der Waals surface area contributed by atoms with Crippen LogP contribution in [0.15, 0.2) is 41.1 Å². The maximum absolute atomic E-state index is 3.97. The number of nitrogens with zero attached hydrogens (tertiary/aromatic N) is 4. The molecule has 1 aliphatic heterocycles. The summed E-state index contributed by atoms with van der Waals surface area (Å²) in [6.45, 7) is 3.59. The molecule has 4 nitrogen and oxygen atoms in total. The molecule has 0 bridgehead atoms. The number of pyridine rings is 1. The smallest absolute Gasteiger partial charge is 0.253 e. The van der Waals surface area contributed by atoms with Crippen LogP contribution in [-0.2, 0) is 0 Å². The Morgan fingerprint density at radius 2 is 2.33 bits per heavy atom. The van der Waals surface area contributed by atoms with E-state index in [1.165, 1.54) is 4.68 Å². The van der Waals surface area contributed by atoms with E-state index >= 15 is 0 Å². The van der Waals surface area contributed by atoms with Gasteiger partial charge in [0, 0.05) is 12.4 Å². The average Bonchev–Trinajstić information content (AvgIpc) is 2.54. The lowest BCUT2D eigenvalue weighted by molar-refractivity contribution is -0.454. The van der Waals surface area contributed by atoms with Crippen molar-refractivity contribution in [3.8, 4) is 0 Å². The molecule has 1 aliphatic rings. The average molecular weight is 159 g/mol. The Balaban J connectivity index is 2.40. The van der Waals surface area contributed by atoms with Gasteiger partial charge in [0.15, 0.2) is 6.20 Å². The maximum Gasteiger partial charge on any atom is 0.253 e. The minimum absolute atomic E-state index is 0.790. The summed E-state index contributed by atoms with van der Waals surface area (Å²) in [7, 11) is 0. The number of hydrogen-bond donors (Lipinski definition) is 0. The van der Waals surface area contributed by atoms with E-state index in [-0.39, 0.29) is 0 Å². The highest BCUT2D eigenvalue weighted by molar-refractivity contribution is 5.62. The topological polar surface area (TPSA) is 40.6 Å². The van der Waals surface area contributed by atoms with Gasteiger partial charge in [-0.1, -0.05) is 0 Å². The third-order valence-corrected chi connectivity index (χ3v) is 1.50. The lowest BCUT2D eigenvalue weighted by Crippen LogP contribution is -1.83. The van der Waals surface area contributed by atoms with Crippen molar-refractivity contribution in [2.45, 2.75) is 0 Å². The molecule has 1 aromatic heterocycles. The molecule has 0 amide bonds. The summed E-state index contributed by atoms with van der Waals surface area (Å²) in [6, 6.07) is 3.79. The highest BCUT2D eigenvalue weighted by Crippen LogP contribution is 2.18. The highest BCUT2D eigenvalue weighted by atomic mass is 15.5. The first kappa shape index (κ1) is 6.84. The quantitative estimate of drug-likeness (QED) is 0.572. The van der Waals surface area contributed by atoms with E-state index in [1.54, 1.807) is 18.6 Å². The fraction of sp³-hybridized carbons (Fsp3) is 0. The van der Waals surface area contributed by atoms with E-state index in [4.69, 9.17) is 0 Å². The molecule has 2 rings (SSSR count). The predicted molar refractivity (Wildman–Crippen MR) is 44.5 cm³/mol. The minimum atomic E-state index is 0.790. The zero-order valence-corrected chi connectivity index (χ0v) is 6.38. The minimum Gasteiger partial charge on any atom is -0.264 e. The first-order chi connectivity index (χ1) is 5.86. The summed E-state index contributed by atoms with van der Waals surface area (Å²) >= 11 is 0. The van der Waals surface area contributed by atoms with E-state index in [0.29, 0.717) is 0 Å². The number of aromatic nitrogens is 1. The van der Waals surface area contributed by atoms with Gasteiger partial charge in [0.05, 0.1) is 17.4 Å². The van der Waals surface area contributed by atoms with E-state index in [9.17, 15) is 0 Å². The van der Waals surface area contributed by atoms with Crippen LogP contribution < -0.4 is 0 Å². The second-order valence-corrected chi connectivity index (χ2v) is 2.38. The molecule has 0 saturated carbocycles. The van der Waals surface area contributed by atoms with Crippen LogP contribution in [0.2, 0.25) is 0 Å². The van der Waals surface area contributed by atoms with Crippen LogP contribution in [-0.4, -0.2) is 16.4 Å². The Morgan fingerprint density at radius 3 is 2.92 bits per heavy atom. The summed E-state index contributed by atoms with van der Waals surface area (Å²) in [6.07, 6.45) is 5.21. The van der Waals surface area contributed by atoms with Crippen LogP contribution in [0, 0.1) is 0 Å². The van der Waals surface area contributed by atoms with Crippen LogP contribution in [0.1, 0.15) is 5.56 Å². The normalized spacial score (nSPS) is 15.0. The standard InChI is InChI=1S/C8H7N4/c1-12-6-8(10-11-12)7-3-2-4-9-5-7/h2-6H,1H2/q+1. The van der Waals surface area contributed by atoms with Crippen molar-refractivity contribution in [2.24, 2.45) is 10.3 Å². The second-order valence-electron chi connectivity index (χ2n) is 2.38. The van der Waals surface area contributed by atoms with E-state index in [0.717, 1.165) is 11.3 Å². The number of rotatable bonds is 1. The molecule has 0 saturated heterocycles. The summed E-state index contributed by atoms with van der Waals surface area (Å²) < 4.78 is 1.42. The molecule has 0 fully saturated rings. The Bertz CT molecular complexity index is 364. The molecule has 58 valence electrons. The van der Waals surface area contributed by atoms with Gasteiger partial charge in [-0.2, -0.15) is 0 Å². The fourth-order valence-electron chi connectivity index (χ4n) is 0.945. The summed E-state index contributed by atoms with van der Waals surface area (Å²) in [5, 5.41) is 7.62. The van der Waals surface area contributed by atoms with Crippen molar-refractivity contribution in [3.05, 3.63) is 36.3 Å². The Hall–Kier alpha value is -1.84. The Morgan fingerprint density at radius 1 is 1.42 bits per heavy atom. The third-order valence-electron chi connectivity index (χ3n) is 1.50. The largest absolute Gasteiger partial charge is 0.264 e. The van der Waals surface area contributed by atoms with E-state index in [2.05, 4.69) is 22.0 Å². The lowest BCUT2D eigenvalue weighted by Gasteiger charge is -1.87. The monoisotopic (exact) mass is 159 g/mol. The second kappa shape index (κ2) is 2.65. The lowest BCUT2D eigenvalue weighted by atomic mass is 10.2. The predicted octanol–water partition coefficient (Wildman–Crippen LogP) is 1.47. The first-order valence-corrected chi connectivity index (χ1v) is 3.50. The van der Waals surface area contributed by atoms with Gasteiger partial charge in [-0.15, -0.1) is 4.68 Å². The van der Waals surface area contributed by atoms with Crippen LogP contribution in [0.5, 0.6) is 0 Å². The van der Waals surface area contributed by atoms with Crippen molar-refractivity contribution in [2.75, 3.05) is 0 Å². The highest BCUT2D eigenvalue weighted by Gasteiger charge is 2.15. The zero-order chi connectivity index (χ0) is 8.39. The van der Waals surface area contributed by atoms with Crippen molar-refractivity contribution in [3.63, 3.8) is 0 Å². The molecule has 4 heteroatoms. The summed E-state index contributed by atoms with van der Waals surface area (Å²) in [5.41, 5.74) is 1.74. The van der Waals surface area contributed by atoms with Crippen molar-refractivity contribution < 1.29 is 4.68 Å². The molecule has 0 aromatic carbocycles. The van der Waals surface area contributed by atoms with Gasteiger partial charge in [-0.05, 0) is 12.1 Å². The Labute approximate surface area is 69.6 Å². The van der Waals surface area contributed by atoms with Gasteiger partial charge in [-0.3, -0.25) is 4.98 Å². The maximum atomic E-state index is 3.97. The van der Waals surface area contributed by atoms with Crippen molar-refractivity contribution in [1.82, 2.24) is 4.98 Å². The van der Waals surface area contributed by atoms with Gasteiger partial charge in [0.2, 0.25) is 0 Å². The molecule has 2 heterocycles. The molecule has 0 atom stereocenters. The number of hydrogen-bond acceptors (Lipinski definition) is 3. The van der Waals surface area contributed by atoms with Gasteiger partial charge in [0.1, 0.15) is 5.22 Å². The van der Waals surface area contributed by atoms with Gasteiger partial charge < -0.3 is 0 Å². The molecule has 0 unspecified atom stereocenters. The van der Waals surface area contributed by atoms with Crippen LogP contribution in [0.4, 0.5) is 0 Å². The molecule has 0 spiro atoms. The molecule has 0 radical (unpaired) electrons. The van der Waals surface area contributed by atoms with Crippen molar-refractivity contribution >= 4 is 12.4 Å². The zero-order valence-electron chi connectivity index (χ0n) is 6.38. The molecule has 1 aromatic rings. The summed E-state index contributed by atoms with van der Waals surface area (Å²) in [4.78, 5) is 3.97. The summed E-state index contributed by atoms with van der Waals surface area (Å²) in [5.74, 6) is 0. The molecular weight excluding hydrogens is 152 g/mol. The van der Waals surface area contributed by atoms with Crippen molar-refractivity contribution in [1.29, 1.82) is 0 Å². The van der Waals surface area contributed by atoms with Gasteiger partial charge in [0.25, 0.3) is 5.70 Å². The van der Waals surface area contributed by atoms with Gasteiger partial charge in [-0.25, -0.2) is 0 Å². The van der Waals surface area contributed by atoms with E-state index < -0.39 is 0 Å². The third kappa shape index (κ3) is 1.14. The van der Waals surface area contributed by atoms with E-state index in [1.807, 2.05) is 12.1 Å². The molecule has 0 N–H and O–H groups in total. The molecular formula is C8H7N4+. The molecule has 0 aliphatic carbocycles. The van der Waals surface area contributed by atoms with Crippen LogP contribution >= 0.6 is 0 Å². The first-order valence-electron chi connectivity index (χ1n) is 3.50. The van der Waals surface area contributed by atoms with Gasteiger partial charge >= 0.3 is 0 Å². The van der Waals surface area contributed by atoms with Crippen LogP contribution in [0.3, 0.4) is 0 Å².